The Balaban J connectivity index is 0.00000121. The number of hydrogen-bond donors (Lipinski definition) is 0. The molecule has 0 aliphatic rings. The van der Waals surface area contributed by atoms with Gasteiger partial charge in [0.2, 0.25) is 0 Å². The molecule has 0 amide bonds. The van der Waals surface area contributed by atoms with Gasteiger partial charge in [0.05, 0.1) is 30.4 Å². The molecule has 1 rings (SSSR count). The van der Waals surface area contributed by atoms with E-state index in [2.05, 4.69) is 9.47 Å². The Labute approximate surface area is 105 Å². The second-order valence-electron chi connectivity index (χ2n) is 2.68. The third-order valence-corrected chi connectivity index (χ3v) is 2.11. The Morgan fingerprint density at radius 3 is 2.00 bits per heavy atom. The SMILES string of the molecule is CC.COC(=O)c1ccc(C(=O)OC)c(Cl)c1. The van der Waals surface area contributed by atoms with Crippen molar-refractivity contribution in [3.63, 3.8) is 0 Å². The normalized spacial score (nSPS) is 8.76. The third kappa shape index (κ3) is 4.07. The van der Waals surface area contributed by atoms with E-state index < -0.39 is 11.9 Å². The van der Waals surface area contributed by atoms with E-state index in [0.29, 0.717) is 0 Å². The molecule has 1 aromatic rings. The molecule has 4 nitrogen and oxygen atoms in total. The number of halogens is 1. The molecule has 0 aromatic heterocycles. The second-order valence-corrected chi connectivity index (χ2v) is 3.08. The highest BCUT2D eigenvalue weighted by Crippen LogP contribution is 2.19. The Morgan fingerprint density at radius 2 is 1.59 bits per heavy atom. The van der Waals surface area contributed by atoms with Crippen LogP contribution in [-0.2, 0) is 9.47 Å². The van der Waals surface area contributed by atoms with Gasteiger partial charge in [-0.3, -0.25) is 0 Å². The zero-order valence-electron chi connectivity index (χ0n) is 10.2. The van der Waals surface area contributed by atoms with Crippen LogP contribution in [0.25, 0.3) is 0 Å². The number of ether oxygens (including phenoxy) is 2. The molecule has 0 radical (unpaired) electrons. The van der Waals surface area contributed by atoms with Crippen molar-refractivity contribution in [1.82, 2.24) is 0 Å². The molecular formula is C12H15ClO4. The molecule has 0 fully saturated rings. The van der Waals surface area contributed by atoms with Gasteiger partial charge >= 0.3 is 11.9 Å². The summed E-state index contributed by atoms with van der Waals surface area (Å²) in [6, 6.07) is 4.23. The summed E-state index contributed by atoms with van der Waals surface area (Å²) in [6.45, 7) is 4.00. The van der Waals surface area contributed by atoms with Gasteiger partial charge in [-0.1, -0.05) is 25.4 Å². The summed E-state index contributed by atoms with van der Waals surface area (Å²) < 4.78 is 9.01. The summed E-state index contributed by atoms with van der Waals surface area (Å²) in [6.07, 6.45) is 0. The van der Waals surface area contributed by atoms with Crippen LogP contribution in [0.5, 0.6) is 0 Å². The van der Waals surface area contributed by atoms with E-state index in [-0.39, 0.29) is 16.1 Å². The van der Waals surface area contributed by atoms with E-state index in [9.17, 15) is 9.59 Å². The molecule has 1 aromatic carbocycles. The van der Waals surface area contributed by atoms with Gasteiger partial charge in [-0.2, -0.15) is 0 Å². The van der Waals surface area contributed by atoms with Crippen LogP contribution in [0.3, 0.4) is 0 Å². The summed E-state index contributed by atoms with van der Waals surface area (Å²) in [7, 11) is 2.53. The second kappa shape index (κ2) is 7.68. The van der Waals surface area contributed by atoms with Crippen molar-refractivity contribution in [1.29, 1.82) is 0 Å². The molecule has 0 aliphatic carbocycles. The van der Waals surface area contributed by atoms with Crippen molar-refractivity contribution in [3.8, 4) is 0 Å². The van der Waals surface area contributed by atoms with Crippen molar-refractivity contribution >= 4 is 23.5 Å². The molecule has 0 aliphatic heterocycles. The van der Waals surface area contributed by atoms with Gasteiger partial charge in [-0.15, -0.1) is 0 Å². The first-order valence-corrected chi connectivity index (χ1v) is 5.44. The van der Waals surface area contributed by atoms with Crippen LogP contribution in [0.4, 0.5) is 0 Å². The Morgan fingerprint density at radius 1 is 1.06 bits per heavy atom. The Bertz CT molecular complexity index is 401. The van der Waals surface area contributed by atoms with Crippen LogP contribution in [0.1, 0.15) is 34.6 Å². The number of carbonyl (C=O) groups excluding carboxylic acids is 2. The summed E-state index contributed by atoms with van der Waals surface area (Å²) >= 11 is 5.80. The van der Waals surface area contributed by atoms with Gasteiger partial charge in [-0.25, -0.2) is 9.59 Å². The number of benzene rings is 1. The van der Waals surface area contributed by atoms with Crippen molar-refractivity contribution < 1.29 is 19.1 Å². The molecule has 0 N–H and O–H groups in total. The highest BCUT2D eigenvalue weighted by Gasteiger charge is 2.13. The fraction of sp³-hybridized carbons (Fsp3) is 0.333. The lowest BCUT2D eigenvalue weighted by Gasteiger charge is -2.04. The zero-order chi connectivity index (χ0) is 13.4. The molecule has 94 valence electrons. The fourth-order valence-corrected chi connectivity index (χ4v) is 1.29. The monoisotopic (exact) mass is 258 g/mol. The number of hydrogen-bond acceptors (Lipinski definition) is 4. The Kier molecular flexibility index (Phi) is 6.98. The molecule has 17 heavy (non-hydrogen) atoms. The molecule has 5 heteroatoms. The van der Waals surface area contributed by atoms with Crippen molar-refractivity contribution in [2.45, 2.75) is 13.8 Å². The van der Waals surface area contributed by atoms with E-state index >= 15 is 0 Å². The number of methoxy groups -OCH3 is 2. The third-order valence-electron chi connectivity index (χ3n) is 1.80. The highest BCUT2D eigenvalue weighted by molar-refractivity contribution is 6.33. The van der Waals surface area contributed by atoms with E-state index in [1.807, 2.05) is 13.8 Å². The smallest absolute Gasteiger partial charge is 0.339 e. The molecule has 0 atom stereocenters. The minimum atomic E-state index is -0.545. The first-order chi connectivity index (χ1) is 8.10. The van der Waals surface area contributed by atoms with Gasteiger partial charge in [-0.05, 0) is 18.2 Å². The number of esters is 2. The molecule has 0 unspecified atom stereocenters. The number of rotatable bonds is 2. The van der Waals surface area contributed by atoms with Gasteiger partial charge in [0, 0.05) is 0 Å². The van der Waals surface area contributed by atoms with Gasteiger partial charge in [0.15, 0.2) is 0 Å². The van der Waals surface area contributed by atoms with Crippen molar-refractivity contribution in [2.75, 3.05) is 14.2 Å². The summed E-state index contributed by atoms with van der Waals surface area (Å²) in [5, 5.41) is 0.157. The molecule has 0 saturated carbocycles. The predicted octanol–water partition coefficient (Wildman–Crippen LogP) is 2.94. The Hall–Kier alpha value is -1.55. The summed E-state index contributed by atoms with van der Waals surface area (Å²) in [5.74, 6) is -1.05. The van der Waals surface area contributed by atoms with Crippen molar-refractivity contribution in [3.05, 3.63) is 34.3 Å². The van der Waals surface area contributed by atoms with Crippen LogP contribution in [0, 0.1) is 0 Å². The standard InChI is InChI=1S/C10H9ClO4.C2H6/c1-14-9(12)6-3-4-7(8(11)5-6)10(13)15-2;1-2/h3-5H,1-2H3;1-2H3. The predicted molar refractivity (Wildman–Crippen MR) is 65.5 cm³/mol. The average Bonchev–Trinajstić information content (AvgIpc) is 2.39. The lowest BCUT2D eigenvalue weighted by molar-refractivity contribution is 0.0587. The maximum atomic E-state index is 11.2. The van der Waals surface area contributed by atoms with E-state index in [1.165, 1.54) is 32.4 Å². The van der Waals surface area contributed by atoms with Crippen LogP contribution in [0.2, 0.25) is 5.02 Å². The summed E-state index contributed by atoms with van der Waals surface area (Å²) in [5.41, 5.74) is 0.502. The van der Waals surface area contributed by atoms with Gasteiger partial charge in [0.25, 0.3) is 0 Å². The van der Waals surface area contributed by atoms with Crippen LogP contribution >= 0.6 is 11.6 Å². The molecule has 0 bridgehead atoms. The molecule has 0 heterocycles. The largest absolute Gasteiger partial charge is 0.465 e. The average molecular weight is 259 g/mol. The van der Waals surface area contributed by atoms with Crippen molar-refractivity contribution in [2.24, 2.45) is 0 Å². The van der Waals surface area contributed by atoms with Crippen LogP contribution < -0.4 is 0 Å². The molecule has 0 saturated heterocycles. The molecule has 0 spiro atoms. The zero-order valence-corrected chi connectivity index (χ0v) is 11.0. The first kappa shape index (κ1) is 15.4. The van der Waals surface area contributed by atoms with Gasteiger partial charge in [0.1, 0.15) is 0 Å². The topological polar surface area (TPSA) is 52.6 Å². The maximum absolute atomic E-state index is 11.2. The minimum absolute atomic E-state index is 0.157. The van der Waals surface area contributed by atoms with E-state index in [1.54, 1.807) is 0 Å². The summed E-state index contributed by atoms with van der Waals surface area (Å²) in [4.78, 5) is 22.3. The number of carbonyl (C=O) groups is 2. The maximum Gasteiger partial charge on any atom is 0.339 e. The van der Waals surface area contributed by atoms with E-state index in [4.69, 9.17) is 11.6 Å². The molecular weight excluding hydrogens is 244 g/mol. The van der Waals surface area contributed by atoms with Crippen LogP contribution in [-0.4, -0.2) is 26.2 Å². The first-order valence-electron chi connectivity index (χ1n) is 5.06. The fourth-order valence-electron chi connectivity index (χ4n) is 1.04. The highest BCUT2D eigenvalue weighted by atomic mass is 35.5. The lowest BCUT2D eigenvalue weighted by atomic mass is 10.1. The van der Waals surface area contributed by atoms with E-state index in [0.717, 1.165) is 0 Å². The minimum Gasteiger partial charge on any atom is -0.465 e. The lowest BCUT2D eigenvalue weighted by Crippen LogP contribution is -2.05. The van der Waals surface area contributed by atoms with Crippen LogP contribution in [0.15, 0.2) is 18.2 Å². The van der Waals surface area contributed by atoms with Gasteiger partial charge < -0.3 is 9.47 Å². The quantitative estimate of drug-likeness (QED) is 0.766.